The molecule has 0 N–H and O–H groups in total. The molecule has 1 aromatic rings. The topological polar surface area (TPSA) is 26.3 Å². The maximum Gasteiger partial charge on any atom is 0.310 e. The molecule has 0 fully saturated rings. The van der Waals surface area contributed by atoms with Crippen molar-refractivity contribution in [2.45, 2.75) is 96.8 Å². The molecule has 1 rings (SSSR count). The van der Waals surface area contributed by atoms with Gasteiger partial charge in [-0.15, -0.1) is 0 Å². The van der Waals surface area contributed by atoms with Crippen molar-refractivity contribution in [1.82, 2.24) is 0 Å². The van der Waals surface area contributed by atoms with Gasteiger partial charge in [-0.3, -0.25) is 4.79 Å². The summed E-state index contributed by atoms with van der Waals surface area (Å²) >= 11 is 0. The molecule has 0 aliphatic rings. The van der Waals surface area contributed by atoms with Crippen molar-refractivity contribution in [2.24, 2.45) is 0 Å². The summed E-state index contributed by atoms with van der Waals surface area (Å²) in [7, 11) is 0. The Kier molecular flexibility index (Phi) is 14.1. The quantitative estimate of drug-likeness (QED) is 0.241. The summed E-state index contributed by atoms with van der Waals surface area (Å²) in [6, 6.07) is 9.80. The van der Waals surface area contributed by atoms with Crippen LogP contribution in [-0.2, 0) is 16.0 Å². The summed E-state index contributed by atoms with van der Waals surface area (Å²) < 4.78 is 5.31. The summed E-state index contributed by atoms with van der Waals surface area (Å²) in [6.07, 6.45) is 17.8. The summed E-state index contributed by atoms with van der Waals surface area (Å²) in [5.41, 5.74) is 1.03. The lowest BCUT2D eigenvalue weighted by Crippen LogP contribution is -2.08. The Bertz CT molecular complexity index is 413. The van der Waals surface area contributed by atoms with Gasteiger partial charge >= 0.3 is 5.97 Å². The molecule has 0 amide bonds. The van der Waals surface area contributed by atoms with E-state index in [0.717, 1.165) is 12.0 Å². The molecule has 0 aliphatic heterocycles. The first kappa shape index (κ1) is 21.7. The molecule has 0 heterocycles. The average Bonchev–Trinajstić information content (AvgIpc) is 2.63. The van der Waals surface area contributed by atoms with Crippen molar-refractivity contribution in [2.75, 3.05) is 6.61 Å². The van der Waals surface area contributed by atoms with Gasteiger partial charge in [-0.25, -0.2) is 0 Å². The van der Waals surface area contributed by atoms with E-state index in [-0.39, 0.29) is 5.97 Å². The fourth-order valence-corrected chi connectivity index (χ4v) is 3.12. The van der Waals surface area contributed by atoms with E-state index in [1.165, 1.54) is 77.0 Å². The predicted molar refractivity (Wildman–Crippen MR) is 107 cm³/mol. The van der Waals surface area contributed by atoms with Gasteiger partial charge in [0.2, 0.25) is 0 Å². The number of carbonyl (C=O) groups is 1. The number of esters is 1. The third kappa shape index (κ3) is 13.6. The molecule has 0 atom stereocenters. The van der Waals surface area contributed by atoms with Gasteiger partial charge in [0.25, 0.3) is 0 Å². The maximum atomic E-state index is 11.7. The van der Waals surface area contributed by atoms with Crippen molar-refractivity contribution in [1.29, 1.82) is 0 Å². The Hall–Kier alpha value is -1.31. The van der Waals surface area contributed by atoms with Crippen LogP contribution < -0.4 is 0 Å². The highest BCUT2D eigenvalue weighted by Gasteiger charge is 2.03. The molecule has 0 bridgehead atoms. The van der Waals surface area contributed by atoms with Gasteiger partial charge in [-0.1, -0.05) is 114 Å². The first-order valence-corrected chi connectivity index (χ1v) is 10.5. The molecule has 0 unspecified atom stereocenters. The smallest absolute Gasteiger partial charge is 0.310 e. The Balaban J connectivity index is 1.79. The minimum Gasteiger partial charge on any atom is -0.465 e. The Morgan fingerprint density at radius 3 is 1.72 bits per heavy atom. The van der Waals surface area contributed by atoms with E-state index in [1.807, 2.05) is 30.3 Å². The second-order valence-electron chi connectivity index (χ2n) is 7.13. The Morgan fingerprint density at radius 2 is 1.20 bits per heavy atom. The van der Waals surface area contributed by atoms with E-state index in [1.54, 1.807) is 0 Å². The highest BCUT2D eigenvalue weighted by molar-refractivity contribution is 5.72. The molecule has 0 saturated carbocycles. The van der Waals surface area contributed by atoms with Crippen molar-refractivity contribution >= 4 is 5.97 Å². The van der Waals surface area contributed by atoms with Gasteiger partial charge in [-0.2, -0.15) is 0 Å². The second kappa shape index (κ2) is 16.2. The number of unbranched alkanes of at least 4 members (excludes halogenated alkanes) is 12. The van der Waals surface area contributed by atoms with Crippen LogP contribution in [0.15, 0.2) is 30.3 Å². The summed E-state index contributed by atoms with van der Waals surface area (Å²) in [6.45, 7) is 2.85. The van der Waals surface area contributed by atoms with Crippen LogP contribution in [0.2, 0.25) is 0 Å². The fraction of sp³-hybridized carbons (Fsp3) is 0.696. The summed E-state index contributed by atoms with van der Waals surface area (Å²) in [5.74, 6) is -0.106. The zero-order valence-electron chi connectivity index (χ0n) is 16.3. The third-order valence-corrected chi connectivity index (χ3v) is 4.70. The maximum absolute atomic E-state index is 11.7. The fourth-order valence-electron chi connectivity index (χ4n) is 3.12. The lowest BCUT2D eigenvalue weighted by molar-refractivity contribution is -0.142. The van der Waals surface area contributed by atoms with Crippen LogP contribution in [0.4, 0.5) is 0 Å². The van der Waals surface area contributed by atoms with Crippen LogP contribution in [0.5, 0.6) is 0 Å². The normalized spacial score (nSPS) is 10.8. The minimum absolute atomic E-state index is 0.106. The molecule has 0 aliphatic carbocycles. The van der Waals surface area contributed by atoms with Crippen LogP contribution in [0.3, 0.4) is 0 Å². The van der Waals surface area contributed by atoms with Gasteiger partial charge in [-0.05, 0) is 12.0 Å². The Morgan fingerprint density at radius 1 is 0.720 bits per heavy atom. The van der Waals surface area contributed by atoms with Gasteiger partial charge in [0.1, 0.15) is 0 Å². The van der Waals surface area contributed by atoms with E-state index >= 15 is 0 Å². The van der Waals surface area contributed by atoms with E-state index < -0.39 is 0 Å². The van der Waals surface area contributed by atoms with E-state index in [9.17, 15) is 4.79 Å². The number of carbonyl (C=O) groups excluding carboxylic acids is 1. The van der Waals surface area contributed by atoms with Crippen LogP contribution in [0.1, 0.15) is 96.0 Å². The lowest BCUT2D eigenvalue weighted by Gasteiger charge is -2.05. The van der Waals surface area contributed by atoms with E-state index in [4.69, 9.17) is 4.74 Å². The Labute approximate surface area is 155 Å². The van der Waals surface area contributed by atoms with Crippen LogP contribution >= 0.6 is 0 Å². The van der Waals surface area contributed by atoms with Crippen molar-refractivity contribution in [3.8, 4) is 0 Å². The number of ether oxygens (including phenoxy) is 1. The monoisotopic (exact) mass is 346 g/mol. The zero-order valence-corrected chi connectivity index (χ0v) is 16.3. The van der Waals surface area contributed by atoms with Crippen LogP contribution in [-0.4, -0.2) is 12.6 Å². The standard InChI is InChI=1S/C23H38O2/c1-2-3-4-5-6-7-8-9-10-11-12-13-17-20-25-23(24)21-22-18-15-14-16-19-22/h14-16,18-19H,2-13,17,20-21H2,1H3. The highest BCUT2D eigenvalue weighted by atomic mass is 16.5. The molecule has 2 heteroatoms. The van der Waals surface area contributed by atoms with Gasteiger partial charge < -0.3 is 4.74 Å². The molecule has 25 heavy (non-hydrogen) atoms. The zero-order chi connectivity index (χ0) is 18.0. The number of benzene rings is 1. The molecule has 0 saturated heterocycles. The van der Waals surface area contributed by atoms with Gasteiger partial charge in [0.15, 0.2) is 0 Å². The first-order valence-electron chi connectivity index (χ1n) is 10.5. The minimum atomic E-state index is -0.106. The molecular formula is C23H38O2. The average molecular weight is 347 g/mol. The summed E-state index contributed by atoms with van der Waals surface area (Å²) in [5, 5.41) is 0. The molecular weight excluding hydrogens is 308 g/mol. The second-order valence-corrected chi connectivity index (χ2v) is 7.13. The molecule has 0 aromatic heterocycles. The lowest BCUT2D eigenvalue weighted by atomic mass is 10.0. The molecule has 0 radical (unpaired) electrons. The number of hydrogen-bond donors (Lipinski definition) is 0. The van der Waals surface area contributed by atoms with E-state index in [0.29, 0.717) is 13.0 Å². The largest absolute Gasteiger partial charge is 0.465 e. The van der Waals surface area contributed by atoms with Crippen molar-refractivity contribution in [3.63, 3.8) is 0 Å². The first-order chi connectivity index (χ1) is 12.3. The van der Waals surface area contributed by atoms with Gasteiger partial charge in [0.05, 0.1) is 13.0 Å². The molecule has 0 spiro atoms. The van der Waals surface area contributed by atoms with E-state index in [2.05, 4.69) is 6.92 Å². The van der Waals surface area contributed by atoms with Gasteiger partial charge in [0, 0.05) is 0 Å². The van der Waals surface area contributed by atoms with Crippen molar-refractivity contribution < 1.29 is 9.53 Å². The van der Waals surface area contributed by atoms with Crippen LogP contribution in [0.25, 0.3) is 0 Å². The molecule has 1 aromatic carbocycles. The highest BCUT2D eigenvalue weighted by Crippen LogP contribution is 2.12. The van der Waals surface area contributed by atoms with Crippen molar-refractivity contribution in [3.05, 3.63) is 35.9 Å². The molecule has 142 valence electrons. The number of hydrogen-bond acceptors (Lipinski definition) is 2. The SMILES string of the molecule is CCCCCCCCCCCCCCCOC(=O)Cc1ccccc1. The third-order valence-electron chi connectivity index (χ3n) is 4.70. The number of rotatable bonds is 16. The molecule has 2 nitrogen and oxygen atoms in total. The summed E-state index contributed by atoms with van der Waals surface area (Å²) in [4.78, 5) is 11.7. The van der Waals surface area contributed by atoms with Crippen LogP contribution in [0, 0.1) is 0 Å². The predicted octanol–water partition coefficient (Wildman–Crippen LogP) is 6.86.